The molecule has 4 N–H and O–H groups in total. The summed E-state index contributed by atoms with van der Waals surface area (Å²) in [6.45, 7) is 3.74. The van der Waals surface area contributed by atoms with E-state index in [4.69, 9.17) is 11.5 Å². The lowest BCUT2D eigenvalue weighted by Gasteiger charge is -2.03. The Morgan fingerprint density at radius 2 is 2.33 bits per heavy atom. The molecule has 0 spiro atoms. The van der Waals surface area contributed by atoms with Crippen molar-refractivity contribution in [2.45, 2.75) is 12.5 Å². The SMILES string of the molecule is C=CC(=O)C(N)CCN. The van der Waals surface area contributed by atoms with E-state index in [1.807, 2.05) is 0 Å². The molecule has 0 bridgehead atoms. The van der Waals surface area contributed by atoms with E-state index in [1.165, 1.54) is 6.08 Å². The van der Waals surface area contributed by atoms with Gasteiger partial charge in [0, 0.05) is 0 Å². The van der Waals surface area contributed by atoms with Gasteiger partial charge in [0.05, 0.1) is 6.04 Å². The first-order chi connectivity index (χ1) is 4.22. The highest BCUT2D eigenvalue weighted by Crippen LogP contribution is 1.87. The van der Waals surface area contributed by atoms with Crippen molar-refractivity contribution in [3.63, 3.8) is 0 Å². The molecule has 3 nitrogen and oxygen atoms in total. The Kier molecular flexibility index (Phi) is 3.92. The Morgan fingerprint density at radius 1 is 1.78 bits per heavy atom. The summed E-state index contributed by atoms with van der Waals surface area (Å²) >= 11 is 0. The number of rotatable bonds is 4. The monoisotopic (exact) mass is 128 g/mol. The Bertz CT molecular complexity index is 112. The van der Waals surface area contributed by atoms with Crippen LogP contribution in [-0.2, 0) is 4.79 Å². The fraction of sp³-hybridized carbons (Fsp3) is 0.500. The van der Waals surface area contributed by atoms with E-state index in [1.54, 1.807) is 0 Å². The predicted molar refractivity (Wildman–Crippen MR) is 36.9 cm³/mol. The zero-order chi connectivity index (χ0) is 7.28. The average molecular weight is 128 g/mol. The highest BCUT2D eigenvalue weighted by Gasteiger charge is 2.06. The Hall–Kier alpha value is -0.670. The number of hydrogen-bond donors (Lipinski definition) is 2. The normalized spacial score (nSPS) is 12.7. The quantitative estimate of drug-likeness (QED) is 0.497. The van der Waals surface area contributed by atoms with E-state index in [0.29, 0.717) is 13.0 Å². The molecule has 0 saturated heterocycles. The van der Waals surface area contributed by atoms with Crippen molar-refractivity contribution in [1.82, 2.24) is 0 Å². The summed E-state index contributed by atoms with van der Waals surface area (Å²) in [5, 5.41) is 0. The molecule has 1 atom stereocenters. The predicted octanol–water partition coefficient (Wildman–Crippen LogP) is -0.582. The van der Waals surface area contributed by atoms with Gasteiger partial charge in [0.1, 0.15) is 0 Å². The molecule has 9 heavy (non-hydrogen) atoms. The van der Waals surface area contributed by atoms with Crippen LogP contribution in [0.1, 0.15) is 6.42 Å². The number of carbonyl (C=O) groups is 1. The highest BCUT2D eigenvalue weighted by molar-refractivity contribution is 5.93. The van der Waals surface area contributed by atoms with Gasteiger partial charge >= 0.3 is 0 Å². The van der Waals surface area contributed by atoms with Gasteiger partial charge in [0.2, 0.25) is 0 Å². The van der Waals surface area contributed by atoms with Crippen molar-refractivity contribution >= 4 is 5.78 Å². The number of ketones is 1. The van der Waals surface area contributed by atoms with E-state index in [2.05, 4.69) is 6.58 Å². The summed E-state index contributed by atoms with van der Waals surface area (Å²) in [6, 6.07) is -0.451. The molecule has 1 unspecified atom stereocenters. The maximum absolute atomic E-state index is 10.6. The molecule has 0 amide bonds. The minimum Gasteiger partial charge on any atom is -0.330 e. The fourth-order valence-corrected chi connectivity index (χ4v) is 0.473. The molecular weight excluding hydrogens is 116 g/mol. The molecule has 0 heterocycles. The molecule has 0 fully saturated rings. The van der Waals surface area contributed by atoms with Crippen LogP contribution in [0.2, 0.25) is 0 Å². The summed E-state index contributed by atoms with van der Waals surface area (Å²) in [5.74, 6) is -0.138. The Labute approximate surface area is 54.7 Å². The van der Waals surface area contributed by atoms with E-state index in [0.717, 1.165) is 0 Å². The van der Waals surface area contributed by atoms with Crippen LogP contribution in [0.15, 0.2) is 12.7 Å². The number of hydrogen-bond acceptors (Lipinski definition) is 3. The van der Waals surface area contributed by atoms with Gasteiger partial charge in [-0.1, -0.05) is 6.58 Å². The zero-order valence-corrected chi connectivity index (χ0v) is 5.34. The third kappa shape index (κ3) is 3.00. The first kappa shape index (κ1) is 8.33. The molecule has 0 aliphatic heterocycles. The van der Waals surface area contributed by atoms with Crippen molar-refractivity contribution in [3.8, 4) is 0 Å². The molecule has 0 saturated carbocycles. The van der Waals surface area contributed by atoms with Gasteiger partial charge < -0.3 is 11.5 Å². The minimum atomic E-state index is -0.451. The second kappa shape index (κ2) is 4.23. The van der Waals surface area contributed by atoms with Gasteiger partial charge in [-0.3, -0.25) is 4.79 Å². The van der Waals surface area contributed by atoms with Crippen molar-refractivity contribution in [3.05, 3.63) is 12.7 Å². The molecule has 0 rings (SSSR count). The number of carbonyl (C=O) groups excluding carboxylic acids is 1. The second-order valence-corrected chi connectivity index (χ2v) is 1.79. The molecule has 0 aromatic carbocycles. The van der Waals surface area contributed by atoms with Crippen molar-refractivity contribution in [1.29, 1.82) is 0 Å². The van der Waals surface area contributed by atoms with Crippen LogP contribution < -0.4 is 11.5 Å². The molecule has 0 aliphatic carbocycles. The van der Waals surface area contributed by atoms with Gasteiger partial charge in [-0.25, -0.2) is 0 Å². The van der Waals surface area contributed by atoms with E-state index >= 15 is 0 Å². The molecule has 52 valence electrons. The number of nitrogens with two attached hydrogens (primary N) is 2. The lowest BCUT2D eigenvalue weighted by molar-refractivity contribution is -0.115. The maximum Gasteiger partial charge on any atom is 0.171 e. The smallest absolute Gasteiger partial charge is 0.171 e. The molecule has 0 aliphatic rings. The third-order valence-electron chi connectivity index (χ3n) is 1.04. The van der Waals surface area contributed by atoms with Crippen molar-refractivity contribution in [2.75, 3.05) is 6.54 Å². The average Bonchev–Trinajstić information content (AvgIpc) is 1.87. The molecule has 0 radical (unpaired) electrons. The Balaban J connectivity index is 3.58. The summed E-state index contributed by atoms with van der Waals surface area (Å²) in [7, 11) is 0. The van der Waals surface area contributed by atoms with E-state index in [-0.39, 0.29) is 5.78 Å². The van der Waals surface area contributed by atoms with Gasteiger partial charge in [0.15, 0.2) is 5.78 Å². The molecule has 0 aromatic rings. The topological polar surface area (TPSA) is 69.1 Å². The summed E-state index contributed by atoms with van der Waals surface area (Å²) in [5.41, 5.74) is 10.5. The second-order valence-electron chi connectivity index (χ2n) is 1.79. The van der Waals surface area contributed by atoms with Crippen molar-refractivity contribution < 1.29 is 4.79 Å². The first-order valence-corrected chi connectivity index (χ1v) is 2.84. The largest absolute Gasteiger partial charge is 0.330 e. The standard InChI is InChI=1S/C6H12N2O/c1-2-6(9)5(8)3-4-7/h2,5H,1,3-4,7-8H2. The van der Waals surface area contributed by atoms with Crippen LogP contribution in [0.5, 0.6) is 0 Å². The highest BCUT2D eigenvalue weighted by atomic mass is 16.1. The van der Waals surface area contributed by atoms with Crippen LogP contribution in [-0.4, -0.2) is 18.4 Å². The zero-order valence-electron chi connectivity index (χ0n) is 5.34. The first-order valence-electron chi connectivity index (χ1n) is 2.84. The lowest BCUT2D eigenvalue weighted by atomic mass is 10.1. The van der Waals surface area contributed by atoms with Gasteiger partial charge in [0.25, 0.3) is 0 Å². The van der Waals surface area contributed by atoms with Crippen LogP contribution in [0.3, 0.4) is 0 Å². The molecule has 3 heteroatoms. The van der Waals surface area contributed by atoms with Gasteiger partial charge in [-0.15, -0.1) is 0 Å². The van der Waals surface area contributed by atoms with E-state index in [9.17, 15) is 4.79 Å². The molecular formula is C6H12N2O. The third-order valence-corrected chi connectivity index (χ3v) is 1.04. The summed E-state index contributed by atoms with van der Waals surface area (Å²) < 4.78 is 0. The van der Waals surface area contributed by atoms with Crippen LogP contribution in [0.4, 0.5) is 0 Å². The van der Waals surface area contributed by atoms with E-state index < -0.39 is 6.04 Å². The van der Waals surface area contributed by atoms with Crippen LogP contribution in [0.25, 0.3) is 0 Å². The van der Waals surface area contributed by atoms with Crippen molar-refractivity contribution in [2.24, 2.45) is 11.5 Å². The summed E-state index contributed by atoms with van der Waals surface area (Å²) in [6.07, 6.45) is 1.76. The molecule has 0 aromatic heterocycles. The van der Waals surface area contributed by atoms with Crippen LogP contribution >= 0.6 is 0 Å². The maximum atomic E-state index is 10.6. The fourth-order valence-electron chi connectivity index (χ4n) is 0.473. The minimum absolute atomic E-state index is 0.138. The Morgan fingerprint density at radius 3 is 2.67 bits per heavy atom. The summed E-state index contributed by atoms with van der Waals surface area (Å²) in [4.78, 5) is 10.6. The van der Waals surface area contributed by atoms with Crippen LogP contribution in [0, 0.1) is 0 Å². The van der Waals surface area contributed by atoms with Gasteiger partial charge in [-0.05, 0) is 19.0 Å². The van der Waals surface area contributed by atoms with Gasteiger partial charge in [-0.2, -0.15) is 0 Å². The lowest BCUT2D eigenvalue weighted by Crippen LogP contribution is -2.31.